The Morgan fingerprint density at radius 2 is 1.73 bits per heavy atom. The average molecular weight is 406 g/mol. The highest BCUT2D eigenvalue weighted by Crippen LogP contribution is 2.22. The summed E-state index contributed by atoms with van der Waals surface area (Å²) in [6.07, 6.45) is 0. The van der Waals surface area contributed by atoms with E-state index >= 15 is 0 Å². The van der Waals surface area contributed by atoms with Crippen LogP contribution in [0.25, 0.3) is 0 Å². The minimum Gasteiger partial charge on any atom is -0.341 e. The van der Waals surface area contributed by atoms with E-state index in [9.17, 15) is 13.2 Å². The number of aryl methyl sites for hydroxylation is 1. The van der Waals surface area contributed by atoms with E-state index in [2.05, 4.69) is 0 Å². The van der Waals surface area contributed by atoms with Crippen molar-refractivity contribution in [2.75, 3.05) is 33.2 Å². The highest BCUT2D eigenvalue weighted by Gasteiger charge is 2.26. The van der Waals surface area contributed by atoms with Gasteiger partial charge in [0.15, 0.2) is 0 Å². The Hall–Kier alpha value is -1.15. The molecule has 0 aromatic heterocycles. The Morgan fingerprint density at radius 3 is 2.19 bits per heavy atom. The zero-order chi connectivity index (χ0) is 19.4. The Balaban J connectivity index is 0.00000625. The number of nitrogens with zero attached hydrogens (tertiary/aromatic N) is 2. The Bertz CT molecular complexity index is 716. The Morgan fingerprint density at radius 1 is 1.19 bits per heavy atom. The van der Waals surface area contributed by atoms with Crippen LogP contribution in [0, 0.1) is 12.3 Å². The minimum atomic E-state index is -3.60. The predicted octanol–water partition coefficient (Wildman–Crippen LogP) is 2.50. The Kier molecular flexibility index (Phi) is 9.26. The molecule has 0 aliphatic heterocycles. The van der Waals surface area contributed by atoms with Crippen LogP contribution in [0.4, 0.5) is 0 Å². The second-order valence-electron chi connectivity index (χ2n) is 7.10. The van der Waals surface area contributed by atoms with Gasteiger partial charge in [-0.2, -0.15) is 4.31 Å². The molecule has 150 valence electrons. The number of carbonyl (C=O) groups excluding carboxylic acids is 1. The molecule has 1 aromatic carbocycles. The van der Waals surface area contributed by atoms with Crippen LogP contribution in [0.1, 0.15) is 43.6 Å². The zero-order valence-corrected chi connectivity index (χ0v) is 18.2. The van der Waals surface area contributed by atoms with Crippen molar-refractivity contribution in [3.8, 4) is 0 Å². The molecule has 0 fully saturated rings. The molecule has 0 bridgehead atoms. The van der Waals surface area contributed by atoms with Crippen molar-refractivity contribution in [1.29, 1.82) is 0 Å². The van der Waals surface area contributed by atoms with Gasteiger partial charge in [-0.1, -0.05) is 33.8 Å². The maximum Gasteiger partial charge on any atom is 0.253 e. The van der Waals surface area contributed by atoms with Crippen LogP contribution in [-0.4, -0.2) is 56.8 Å². The summed E-state index contributed by atoms with van der Waals surface area (Å²) < 4.78 is 26.8. The second-order valence-corrected chi connectivity index (χ2v) is 9.03. The molecule has 0 saturated carbocycles. The maximum atomic E-state index is 12.8. The van der Waals surface area contributed by atoms with E-state index in [1.165, 1.54) is 10.4 Å². The summed E-state index contributed by atoms with van der Waals surface area (Å²) in [4.78, 5) is 14.6. The molecule has 1 amide bonds. The topological polar surface area (TPSA) is 83.7 Å². The predicted molar refractivity (Wildman–Crippen MR) is 108 cm³/mol. The average Bonchev–Trinajstić information content (AvgIpc) is 2.54. The van der Waals surface area contributed by atoms with Gasteiger partial charge < -0.3 is 10.6 Å². The smallest absolute Gasteiger partial charge is 0.253 e. The number of hydrogen-bond acceptors (Lipinski definition) is 4. The fraction of sp³-hybridized carbons (Fsp3) is 0.611. The number of carbonyl (C=O) groups is 1. The number of nitrogens with two attached hydrogens (primary N) is 1. The lowest BCUT2D eigenvalue weighted by molar-refractivity contribution is 0.0739. The molecule has 0 radical (unpaired) electrons. The quantitative estimate of drug-likeness (QED) is 0.720. The van der Waals surface area contributed by atoms with Gasteiger partial charge in [-0.25, -0.2) is 8.42 Å². The summed E-state index contributed by atoms with van der Waals surface area (Å²) in [6.45, 7) is 11.1. The van der Waals surface area contributed by atoms with Crippen LogP contribution >= 0.6 is 12.4 Å². The number of hydrogen-bond donors (Lipinski definition) is 1. The third-order valence-corrected chi connectivity index (χ3v) is 6.39. The van der Waals surface area contributed by atoms with Crippen LogP contribution in [-0.2, 0) is 10.0 Å². The van der Waals surface area contributed by atoms with E-state index < -0.39 is 10.0 Å². The van der Waals surface area contributed by atoms with Crippen molar-refractivity contribution in [2.45, 2.75) is 39.5 Å². The normalized spacial score (nSPS) is 12.0. The molecule has 1 aromatic rings. The van der Waals surface area contributed by atoms with E-state index in [4.69, 9.17) is 5.73 Å². The lowest BCUT2D eigenvalue weighted by Crippen LogP contribution is -2.40. The van der Waals surface area contributed by atoms with Gasteiger partial charge in [0.1, 0.15) is 0 Å². The summed E-state index contributed by atoms with van der Waals surface area (Å²) >= 11 is 0. The lowest BCUT2D eigenvalue weighted by Gasteiger charge is -2.29. The summed E-state index contributed by atoms with van der Waals surface area (Å²) in [7, 11) is -1.88. The highest BCUT2D eigenvalue weighted by atomic mass is 35.5. The minimum absolute atomic E-state index is 0. The van der Waals surface area contributed by atoms with Crippen molar-refractivity contribution in [1.82, 2.24) is 9.21 Å². The van der Waals surface area contributed by atoms with E-state index in [0.717, 1.165) is 5.56 Å². The van der Waals surface area contributed by atoms with Crippen LogP contribution < -0.4 is 5.73 Å². The van der Waals surface area contributed by atoms with Gasteiger partial charge in [0.25, 0.3) is 5.91 Å². The van der Waals surface area contributed by atoms with Gasteiger partial charge in [0.05, 0.1) is 4.90 Å². The van der Waals surface area contributed by atoms with Gasteiger partial charge in [-0.15, -0.1) is 12.4 Å². The molecule has 0 atom stereocenters. The standard InChI is InChI=1S/C18H31N3O3S.ClH/c1-7-21(8-2)25(23,24)15-10-9-14(3)16(11-15)17(22)20(6)13-18(4,5)12-19;/h9-11H,7-8,12-13,19H2,1-6H3;1H. The lowest BCUT2D eigenvalue weighted by atomic mass is 9.93. The first-order valence-electron chi connectivity index (χ1n) is 8.56. The monoisotopic (exact) mass is 405 g/mol. The van der Waals surface area contributed by atoms with Gasteiger partial charge in [-0.3, -0.25) is 4.79 Å². The number of halogens is 1. The molecule has 0 heterocycles. The van der Waals surface area contributed by atoms with Gasteiger partial charge >= 0.3 is 0 Å². The third-order valence-electron chi connectivity index (χ3n) is 4.35. The van der Waals surface area contributed by atoms with Crippen molar-refractivity contribution in [2.24, 2.45) is 11.1 Å². The van der Waals surface area contributed by atoms with Crippen LogP contribution in [0.3, 0.4) is 0 Å². The molecule has 1 rings (SSSR count). The first-order chi connectivity index (χ1) is 11.5. The highest BCUT2D eigenvalue weighted by molar-refractivity contribution is 7.89. The first-order valence-corrected chi connectivity index (χ1v) is 10.0. The fourth-order valence-electron chi connectivity index (χ4n) is 2.69. The van der Waals surface area contributed by atoms with Crippen molar-refractivity contribution in [3.05, 3.63) is 29.3 Å². The van der Waals surface area contributed by atoms with Crippen LogP contribution in [0.15, 0.2) is 23.1 Å². The van der Waals surface area contributed by atoms with Gasteiger partial charge in [0, 0.05) is 32.2 Å². The maximum absolute atomic E-state index is 12.8. The molecule has 0 saturated heterocycles. The summed E-state index contributed by atoms with van der Waals surface area (Å²) in [5.41, 5.74) is 6.70. The summed E-state index contributed by atoms with van der Waals surface area (Å²) in [5.74, 6) is -0.198. The van der Waals surface area contributed by atoms with Gasteiger partial charge in [-0.05, 0) is 36.6 Å². The van der Waals surface area contributed by atoms with Gasteiger partial charge in [0.2, 0.25) is 10.0 Å². The molecule has 0 spiro atoms. The summed E-state index contributed by atoms with van der Waals surface area (Å²) in [6, 6.07) is 4.73. The van der Waals surface area contributed by atoms with E-state index in [-0.39, 0.29) is 28.6 Å². The SMILES string of the molecule is CCN(CC)S(=O)(=O)c1ccc(C)c(C(=O)N(C)CC(C)(C)CN)c1.Cl. The first kappa shape index (κ1) is 24.8. The van der Waals surface area contributed by atoms with Crippen LogP contribution in [0.2, 0.25) is 0 Å². The van der Waals surface area contributed by atoms with E-state index in [1.54, 1.807) is 37.9 Å². The van der Waals surface area contributed by atoms with E-state index in [1.807, 2.05) is 20.8 Å². The molecule has 26 heavy (non-hydrogen) atoms. The molecule has 0 unspecified atom stereocenters. The number of rotatable bonds is 8. The fourth-order valence-corrected chi connectivity index (χ4v) is 4.17. The van der Waals surface area contributed by atoms with E-state index in [0.29, 0.717) is 31.7 Å². The largest absolute Gasteiger partial charge is 0.341 e. The number of benzene rings is 1. The van der Waals surface area contributed by atoms with Crippen molar-refractivity contribution in [3.63, 3.8) is 0 Å². The zero-order valence-electron chi connectivity index (χ0n) is 16.6. The summed E-state index contributed by atoms with van der Waals surface area (Å²) in [5, 5.41) is 0. The molecule has 6 nitrogen and oxygen atoms in total. The Labute approximate surface area is 164 Å². The second kappa shape index (κ2) is 9.69. The molecular weight excluding hydrogens is 374 g/mol. The van der Waals surface area contributed by atoms with Crippen molar-refractivity contribution < 1.29 is 13.2 Å². The third kappa shape index (κ3) is 5.67. The molecule has 0 aliphatic carbocycles. The van der Waals surface area contributed by atoms with Crippen molar-refractivity contribution >= 4 is 28.3 Å². The molecule has 0 aliphatic rings. The molecule has 2 N–H and O–H groups in total. The van der Waals surface area contributed by atoms with Crippen LogP contribution in [0.5, 0.6) is 0 Å². The molecule has 8 heteroatoms. The molecular formula is C18H32ClN3O3S. The number of amides is 1. The number of sulfonamides is 1.